The van der Waals surface area contributed by atoms with Crippen molar-refractivity contribution in [1.29, 1.82) is 0 Å². The fraction of sp³-hybridized carbons (Fsp3) is 0.708. The predicted octanol–water partition coefficient (Wildman–Crippen LogP) is -0.838. The molecule has 9 nitrogen and oxygen atoms in total. The molecule has 0 aromatic heterocycles. The minimum absolute atomic E-state index is 0.145. The quantitative estimate of drug-likeness (QED) is 0.385. The highest BCUT2D eigenvalue weighted by atomic mass is 16.7. The van der Waals surface area contributed by atoms with Gasteiger partial charge in [0.15, 0.2) is 6.29 Å². The fourth-order valence-electron chi connectivity index (χ4n) is 7.08. The van der Waals surface area contributed by atoms with Crippen LogP contribution in [0.3, 0.4) is 0 Å². The predicted molar refractivity (Wildman–Crippen MR) is 111 cm³/mol. The van der Waals surface area contributed by atoms with E-state index in [0.717, 1.165) is 25.7 Å². The average Bonchev–Trinajstić information content (AvgIpc) is 3.03. The lowest BCUT2D eigenvalue weighted by Gasteiger charge is -2.51. The van der Waals surface area contributed by atoms with E-state index >= 15 is 0 Å². The maximum atomic E-state index is 11.3. The van der Waals surface area contributed by atoms with Gasteiger partial charge >= 0.3 is 0 Å². The highest BCUT2D eigenvalue weighted by molar-refractivity contribution is 5.71. The number of carbonyl (C=O) groups is 1. The molecule has 1 heterocycles. The van der Waals surface area contributed by atoms with Crippen molar-refractivity contribution in [1.82, 2.24) is 0 Å². The summed E-state index contributed by atoms with van der Waals surface area (Å²) in [5.41, 5.74) is 1.99. The number of hydrogen-bond donors (Lipinski definition) is 5. The van der Waals surface area contributed by atoms with Crippen LogP contribution in [0.15, 0.2) is 18.2 Å². The summed E-state index contributed by atoms with van der Waals surface area (Å²) in [6, 6.07) is 5.56. The SMILES string of the molecule is CC12CCC3c4ccc(O)cc4CCC3C1CC(O)C2OC1OC(C(=O)[O-])C(O)C(O)C1O. The van der Waals surface area contributed by atoms with Crippen molar-refractivity contribution >= 4 is 5.97 Å². The summed E-state index contributed by atoms with van der Waals surface area (Å²) in [6.07, 6.45) is -6.33. The van der Waals surface area contributed by atoms with Crippen molar-refractivity contribution < 1.29 is 44.9 Å². The van der Waals surface area contributed by atoms with E-state index in [1.807, 2.05) is 12.1 Å². The molecule has 4 aliphatic rings. The summed E-state index contributed by atoms with van der Waals surface area (Å²) < 4.78 is 11.3. The Bertz CT molecular complexity index is 921. The molecule has 2 saturated carbocycles. The molecule has 5 N–H and O–H groups in total. The van der Waals surface area contributed by atoms with Gasteiger partial charge in [-0.3, -0.25) is 0 Å². The van der Waals surface area contributed by atoms with Gasteiger partial charge in [-0.15, -0.1) is 0 Å². The maximum Gasteiger partial charge on any atom is 0.187 e. The number of carbonyl (C=O) groups excluding carboxylic acids is 1. The average molecular weight is 464 g/mol. The van der Waals surface area contributed by atoms with Gasteiger partial charge in [0.2, 0.25) is 0 Å². The number of rotatable bonds is 3. The Morgan fingerprint density at radius 2 is 1.91 bits per heavy atom. The summed E-state index contributed by atoms with van der Waals surface area (Å²) in [4.78, 5) is 11.3. The van der Waals surface area contributed by atoms with Gasteiger partial charge in [-0.05, 0) is 78.5 Å². The summed E-state index contributed by atoms with van der Waals surface area (Å²) in [6.45, 7) is 2.05. The first-order valence-electron chi connectivity index (χ1n) is 11.7. The number of benzene rings is 1. The van der Waals surface area contributed by atoms with Gasteiger partial charge < -0.3 is 44.9 Å². The molecule has 9 heteroatoms. The highest BCUT2D eigenvalue weighted by Gasteiger charge is 2.60. The van der Waals surface area contributed by atoms with Crippen LogP contribution in [0.4, 0.5) is 0 Å². The number of aliphatic carboxylic acids is 1. The maximum absolute atomic E-state index is 11.3. The molecule has 3 fully saturated rings. The summed E-state index contributed by atoms with van der Waals surface area (Å²) in [5.74, 6) is -0.651. The lowest BCUT2D eigenvalue weighted by Crippen LogP contribution is -2.63. The fourth-order valence-corrected chi connectivity index (χ4v) is 7.08. The number of hydrogen-bond acceptors (Lipinski definition) is 9. The Balaban J connectivity index is 1.38. The van der Waals surface area contributed by atoms with Crippen LogP contribution in [0.1, 0.15) is 49.7 Å². The zero-order chi connectivity index (χ0) is 23.7. The third kappa shape index (κ3) is 3.57. The van der Waals surface area contributed by atoms with Crippen LogP contribution in [-0.2, 0) is 20.7 Å². The van der Waals surface area contributed by atoms with E-state index in [0.29, 0.717) is 18.3 Å². The number of aryl methyl sites for hydroxylation is 1. The number of aromatic hydroxyl groups is 1. The largest absolute Gasteiger partial charge is 0.547 e. The van der Waals surface area contributed by atoms with Gasteiger partial charge in [0.1, 0.15) is 30.2 Å². The van der Waals surface area contributed by atoms with Crippen LogP contribution >= 0.6 is 0 Å². The Hall–Kier alpha value is -1.75. The lowest BCUT2D eigenvalue weighted by molar-refractivity contribution is -0.357. The van der Waals surface area contributed by atoms with Gasteiger partial charge in [0.25, 0.3) is 0 Å². The van der Waals surface area contributed by atoms with E-state index in [4.69, 9.17) is 9.47 Å². The van der Waals surface area contributed by atoms with Crippen molar-refractivity contribution in [2.45, 2.75) is 87.9 Å². The van der Waals surface area contributed by atoms with Gasteiger partial charge in [-0.25, -0.2) is 0 Å². The van der Waals surface area contributed by atoms with E-state index in [2.05, 4.69) is 6.92 Å². The molecular weight excluding hydrogens is 432 g/mol. The Kier molecular flexibility index (Phi) is 5.70. The number of phenolic OH excluding ortho intramolecular Hbond substituents is 1. The monoisotopic (exact) mass is 463 g/mol. The molecule has 0 bridgehead atoms. The van der Waals surface area contributed by atoms with Crippen molar-refractivity contribution in [3.8, 4) is 5.75 Å². The van der Waals surface area contributed by atoms with Gasteiger partial charge in [-0.2, -0.15) is 0 Å². The Labute approximate surface area is 191 Å². The number of phenols is 1. The molecule has 1 aromatic rings. The normalized spacial score (nSPS) is 46.8. The number of fused-ring (bicyclic) bond motifs is 5. The van der Waals surface area contributed by atoms with Crippen LogP contribution < -0.4 is 5.11 Å². The number of carboxylic acids is 1. The summed E-state index contributed by atoms with van der Waals surface area (Å²) in [7, 11) is 0. The zero-order valence-electron chi connectivity index (χ0n) is 18.4. The third-order valence-corrected chi connectivity index (χ3v) is 8.73. The third-order valence-electron chi connectivity index (χ3n) is 8.73. The van der Waals surface area contributed by atoms with Crippen molar-refractivity contribution in [2.75, 3.05) is 0 Å². The molecule has 11 unspecified atom stereocenters. The minimum Gasteiger partial charge on any atom is -0.547 e. The van der Waals surface area contributed by atoms with Crippen LogP contribution in [0.5, 0.6) is 5.75 Å². The van der Waals surface area contributed by atoms with E-state index in [-0.39, 0.29) is 11.7 Å². The molecule has 0 radical (unpaired) electrons. The van der Waals surface area contributed by atoms with E-state index < -0.39 is 54.3 Å². The molecule has 11 atom stereocenters. The minimum atomic E-state index is -1.85. The lowest BCUT2D eigenvalue weighted by atomic mass is 9.55. The smallest absolute Gasteiger partial charge is 0.187 e. The molecule has 0 amide bonds. The van der Waals surface area contributed by atoms with Crippen LogP contribution in [-0.4, -0.2) is 74.4 Å². The molecule has 182 valence electrons. The second kappa shape index (κ2) is 8.18. The van der Waals surface area contributed by atoms with Gasteiger partial charge in [0.05, 0.1) is 18.2 Å². The van der Waals surface area contributed by atoms with E-state index in [1.54, 1.807) is 6.07 Å². The first-order valence-corrected chi connectivity index (χ1v) is 11.7. The van der Waals surface area contributed by atoms with Crippen LogP contribution in [0, 0.1) is 17.3 Å². The molecule has 5 rings (SSSR count). The Morgan fingerprint density at radius 1 is 1.15 bits per heavy atom. The molecular formula is C24H31O9-. The highest BCUT2D eigenvalue weighted by Crippen LogP contribution is 2.62. The standard InChI is InChI=1S/C24H32O9/c1-24-7-6-13-12-5-3-11(25)8-10(12)2-4-14(13)15(24)9-16(26)21(24)33-23-19(29)17(27)18(28)20(32-23)22(30)31/h3,5,8,13-21,23,25-29H,2,4,6-7,9H2,1H3,(H,30,31)/p-1. The number of carboxylic acid groups (broad SMARTS) is 1. The number of aliphatic hydroxyl groups excluding tert-OH is 4. The molecule has 1 saturated heterocycles. The second-order valence-corrected chi connectivity index (χ2v) is 10.4. The molecule has 1 aromatic carbocycles. The summed E-state index contributed by atoms with van der Waals surface area (Å²) >= 11 is 0. The number of aliphatic hydroxyl groups is 4. The zero-order valence-corrected chi connectivity index (χ0v) is 18.4. The van der Waals surface area contributed by atoms with E-state index in [9.17, 15) is 35.4 Å². The second-order valence-electron chi connectivity index (χ2n) is 10.4. The van der Waals surface area contributed by atoms with Crippen molar-refractivity contribution in [2.24, 2.45) is 17.3 Å². The summed E-state index contributed by atoms with van der Waals surface area (Å²) in [5, 5.41) is 62.5. The first-order chi connectivity index (χ1) is 15.6. The Morgan fingerprint density at radius 3 is 2.64 bits per heavy atom. The number of ether oxygens (including phenoxy) is 2. The molecule has 33 heavy (non-hydrogen) atoms. The molecule has 0 spiro atoms. The van der Waals surface area contributed by atoms with Crippen molar-refractivity contribution in [3.63, 3.8) is 0 Å². The van der Waals surface area contributed by atoms with Crippen molar-refractivity contribution in [3.05, 3.63) is 29.3 Å². The van der Waals surface area contributed by atoms with Crippen LogP contribution in [0.25, 0.3) is 0 Å². The van der Waals surface area contributed by atoms with Gasteiger partial charge in [-0.1, -0.05) is 13.0 Å². The first kappa shape index (κ1) is 23.0. The molecule has 3 aliphatic carbocycles. The van der Waals surface area contributed by atoms with Gasteiger partial charge in [0, 0.05) is 0 Å². The van der Waals surface area contributed by atoms with Crippen LogP contribution in [0.2, 0.25) is 0 Å². The molecule has 1 aliphatic heterocycles. The topological polar surface area (TPSA) is 160 Å². The van der Waals surface area contributed by atoms with E-state index in [1.165, 1.54) is 11.1 Å².